The van der Waals surface area contributed by atoms with Crippen molar-refractivity contribution < 1.29 is 9.59 Å². The maximum atomic E-state index is 13.4. The van der Waals surface area contributed by atoms with Crippen LogP contribution >= 0.6 is 23.2 Å². The van der Waals surface area contributed by atoms with E-state index in [0.717, 1.165) is 0 Å². The van der Waals surface area contributed by atoms with E-state index in [1.807, 2.05) is 13.8 Å². The molecule has 1 aliphatic heterocycles. The number of ketones is 1. The van der Waals surface area contributed by atoms with Gasteiger partial charge in [0, 0.05) is 30.0 Å². The average molecular weight is 482 g/mol. The van der Waals surface area contributed by atoms with E-state index in [1.54, 1.807) is 30.3 Å². The summed E-state index contributed by atoms with van der Waals surface area (Å²) in [6, 6.07) is 10.3. The van der Waals surface area contributed by atoms with Gasteiger partial charge in [0.25, 0.3) is 5.91 Å². The maximum Gasteiger partial charge on any atom is 0.270 e. The number of aromatic nitrogens is 1. The van der Waals surface area contributed by atoms with Gasteiger partial charge in [-0.2, -0.15) is 5.26 Å². The summed E-state index contributed by atoms with van der Waals surface area (Å²) in [4.78, 5) is 30.3. The van der Waals surface area contributed by atoms with Crippen molar-refractivity contribution in [2.45, 2.75) is 32.6 Å². The standard InChI is InChI=1S/C24H21Cl2N5O2/c1-24(2)10-17-20(18(32)11-24)19(14-4-3-5-16(25)21(14)26)15(12-27)22(28)31(17)30-23(33)13-6-8-29-9-7-13/h3-9,19H,10-11,28H2,1-2H3,(H,30,33). The average Bonchev–Trinajstić information content (AvgIpc) is 2.77. The molecule has 1 atom stereocenters. The summed E-state index contributed by atoms with van der Waals surface area (Å²) in [5, 5.41) is 12.0. The maximum absolute atomic E-state index is 13.4. The lowest BCUT2D eigenvalue weighted by Crippen LogP contribution is -2.49. The minimum atomic E-state index is -0.783. The predicted octanol–water partition coefficient (Wildman–Crippen LogP) is 4.47. The van der Waals surface area contributed by atoms with E-state index in [9.17, 15) is 14.9 Å². The molecular formula is C24H21Cl2N5O2. The summed E-state index contributed by atoms with van der Waals surface area (Å²) in [6.07, 6.45) is 3.74. The molecule has 1 aromatic carbocycles. The highest BCUT2D eigenvalue weighted by Gasteiger charge is 2.45. The molecule has 2 aromatic rings. The van der Waals surface area contributed by atoms with E-state index in [4.69, 9.17) is 28.9 Å². The van der Waals surface area contributed by atoms with Crippen molar-refractivity contribution in [2.75, 3.05) is 0 Å². The molecule has 0 bridgehead atoms. The van der Waals surface area contributed by atoms with Crippen LogP contribution in [-0.2, 0) is 4.79 Å². The van der Waals surface area contributed by atoms with Crippen LogP contribution in [0.4, 0.5) is 0 Å². The van der Waals surface area contributed by atoms with Gasteiger partial charge in [-0.3, -0.25) is 20.0 Å². The number of nitrogens with two attached hydrogens (primary N) is 1. The number of amides is 1. The molecule has 0 fully saturated rings. The Bertz CT molecular complexity index is 1260. The minimum absolute atomic E-state index is 0.0326. The normalized spacial score (nSPS) is 19.8. The zero-order chi connectivity index (χ0) is 23.9. The van der Waals surface area contributed by atoms with Crippen LogP contribution in [0.2, 0.25) is 10.0 Å². The summed E-state index contributed by atoms with van der Waals surface area (Å²) in [5.41, 5.74) is 10.8. The van der Waals surface area contributed by atoms with Crippen LogP contribution in [0, 0.1) is 16.7 Å². The van der Waals surface area contributed by atoms with Crippen molar-refractivity contribution >= 4 is 34.9 Å². The molecule has 0 radical (unpaired) electrons. The second-order valence-corrected chi connectivity index (χ2v) is 9.59. The van der Waals surface area contributed by atoms with Gasteiger partial charge in [0.1, 0.15) is 5.82 Å². The highest BCUT2D eigenvalue weighted by Crippen LogP contribution is 2.50. The Kier molecular flexibility index (Phi) is 5.91. The van der Waals surface area contributed by atoms with Gasteiger partial charge in [-0.15, -0.1) is 0 Å². The molecule has 33 heavy (non-hydrogen) atoms. The van der Waals surface area contributed by atoms with E-state index in [1.165, 1.54) is 17.4 Å². The smallest absolute Gasteiger partial charge is 0.270 e. The molecule has 4 rings (SSSR count). The van der Waals surface area contributed by atoms with Gasteiger partial charge in [-0.25, -0.2) is 5.01 Å². The van der Waals surface area contributed by atoms with Crippen LogP contribution in [0.3, 0.4) is 0 Å². The molecule has 1 aromatic heterocycles. The molecule has 1 unspecified atom stereocenters. The number of nitriles is 1. The first-order valence-corrected chi connectivity index (χ1v) is 11.0. The molecule has 2 aliphatic rings. The third-order valence-corrected chi connectivity index (χ3v) is 6.66. The fourth-order valence-corrected chi connectivity index (χ4v) is 4.78. The van der Waals surface area contributed by atoms with Crippen molar-refractivity contribution in [3.63, 3.8) is 0 Å². The molecule has 9 heteroatoms. The molecule has 0 spiro atoms. The summed E-state index contributed by atoms with van der Waals surface area (Å²) < 4.78 is 0. The van der Waals surface area contributed by atoms with Crippen LogP contribution in [-0.4, -0.2) is 21.7 Å². The van der Waals surface area contributed by atoms with Gasteiger partial charge < -0.3 is 5.73 Å². The highest BCUT2D eigenvalue weighted by atomic mass is 35.5. The molecule has 7 nitrogen and oxygen atoms in total. The molecule has 168 valence electrons. The van der Waals surface area contributed by atoms with E-state index in [2.05, 4.69) is 16.5 Å². The van der Waals surface area contributed by atoms with Crippen molar-refractivity contribution in [1.82, 2.24) is 15.4 Å². The number of Topliss-reactive ketones (excluding diaryl/α,β-unsaturated/α-hetero) is 1. The van der Waals surface area contributed by atoms with Gasteiger partial charge in [0.05, 0.1) is 33.3 Å². The lowest BCUT2D eigenvalue weighted by molar-refractivity contribution is -0.118. The molecule has 0 saturated carbocycles. The topological polar surface area (TPSA) is 112 Å². The molecule has 3 N–H and O–H groups in total. The van der Waals surface area contributed by atoms with Gasteiger partial charge in [0.15, 0.2) is 5.78 Å². The number of nitrogens with zero attached hydrogens (tertiary/aromatic N) is 3. The quantitative estimate of drug-likeness (QED) is 0.668. The number of rotatable bonds is 3. The number of hydrogen-bond donors (Lipinski definition) is 2. The van der Waals surface area contributed by atoms with Gasteiger partial charge in [-0.1, -0.05) is 49.2 Å². The third-order valence-electron chi connectivity index (χ3n) is 5.83. The van der Waals surface area contributed by atoms with Crippen LogP contribution in [0.1, 0.15) is 48.5 Å². The zero-order valence-electron chi connectivity index (χ0n) is 18.0. The number of pyridine rings is 1. The van der Waals surface area contributed by atoms with Crippen LogP contribution in [0.25, 0.3) is 0 Å². The molecule has 0 saturated heterocycles. The molecular weight excluding hydrogens is 461 g/mol. The predicted molar refractivity (Wildman–Crippen MR) is 125 cm³/mol. The summed E-state index contributed by atoms with van der Waals surface area (Å²) in [7, 11) is 0. The Morgan fingerprint density at radius 3 is 2.61 bits per heavy atom. The van der Waals surface area contributed by atoms with Crippen molar-refractivity contribution in [3.8, 4) is 6.07 Å². The van der Waals surface area contributed by atoms with Gasteiger partial charge in [-0.05, 0) is 35.6 Å². The second-order valence-electron chi connectivity index (χ2n) is 8.80. The summed E-state index contributed by atoms with van der Waals surface area (Å²) in [6.45, 7) is 3.94. The van der Waals surface area contributed by atoms with Crippen molar-refractivity contribution in [3.05, 3.63) is 86.6 Å². The number of halogens is 2. The lowest BCUT2D eigenvalue weighted by atomic mass is 9.69. The number of carbonyl (C=O) groups is 2. The fraction of sp³-hybridized carbons (Fsp3) is 0.250. The SMILES string of the molecule is CC1(C)CC(=O)C2=C(C1)N(NC(=O)c1ccncc1)C(N)=C(C#N)C2c1cccc(Cl)c1Cl. The highest BCUT2D eigenvalue weighted by molar-refractivity contribution is 6.42. The zero-order valence-corrected chi connectivity index (χ0v) is 19.5. The first kappa shape index (κ1) is 22.8. The first-order chi connectivity index (χ1) is 15.6. The number of hydrazine groups is 1. The Hall–Kier alpha value is -3.34. The monoisotopic (exact) mass is 481 g/mol. The molecule has 1 aliphatic carbocycles. The summed E-state index contributed by atoms with van der Waals surface area (Å²) >= 11 is 12.8. The third kappa shape index (κ3) is 4.08. The van der Waals surface area contributed by atoms with Crippen molar-refractivity contribution in [1.29, 1.82) is 5.26 Å². The number of carbonyl (C=O) groups excluding carboxylic acids is 2. The van der Waals surface area contributed by atoms with Crippen molar-refractivity contribution in [2.24, 2.45) is 11.1 Å². The summed E-state index contributed by atoms with van der Waals surface area (Å²) in [5.74, 6) is -1.33. The minimum Gasteiger partial charge on any atom is -0.383 e. The van der Waals surface area contributed by atoms with E-state index >= 15 is 0 Å². The van der Waals surface area contributed by atoms with Gasteiger partial charge >= 0.3 is 0 Å². The van der Waals surface area contributed by atoms with E-state index in [-0.39, 0.29) is 34.0 Å². The number of hydrogen-bond acceptors (Lipinski definition) is 6. The lowest BCUT2D eigenvalue weighted by Gasteiger charge is -2.43. The van der Waals surface area contributed by atoms with Crippen LogP contribution < -0.4 is 11.2 Å². The Balaban J connectivity index is 1.90. The number of benzene rings is 1. The molecule has 2 heterocycles. The molecule has 1 amide bonds. The van der Waals surface area contributed by atoms with Crippen LogP contribution in [0.15, 0.2) is 65.4 Å². The van der Waals surface area contributed by atoms with Crippen LogP contribution in [0.5, 0.6) is 0 Å². The Labute approximate surface area is 201 Å². The van der Waals surface area contributed by atoms with Gasteiger partial charge in [0.2, 0.25) is 0 Å². The first-order valence-electron chi connectivity index (χ1n) is 10.3. The largest absolute Gasteiger partial charge is 0.383 e. The number of allylic oxidation sites excluding steroid dienone is 3. The Morgan fingerprint density at radius 2 is 1.94 bits per heavy atom. The second kappa shape index (κ2) is 8.54. The number of nitrogens with one attached hydrogen (secondary N) is 1. The van der Waals surface area contributed by atoms with E-state index in [0.29, 0.717) is 33.8 Å². The van der Waals surface area contributed by atoms with E-state index < -0.39 is 11.8 Å². The Morgan fingerprint density at radius 1 is 1.24 bits per heavy atom. The fourth-order valence-electron chi connectivity index (χ4n) is 4.36.